The lowest BCUT2D eigenvalue weighted by Gasteiger charge is -2.14. The number of fused-ring (bicyclic) bond motifs is 1. The fourth-order valence-electron chi connectivity index (χ4n) is 2.46. The summed E-state index contributed by atoms with van der Waals surface area (Å²) in [6.07, 6.45) is 2.89. The van der Waals surface area contributed by atoms with Crippen molar-refractivity contribution in [3.05, 3.63) is 16.7 Å². The molecular weight excluding hydrogens is 282 g/mol. The van der Waals surface area contributed by atoms with Crippen LogP contribution in [-0.2, 0) is 0 Å². The van der Waals surface area contributed by atoms with Crippen molar-refractivity contribution in [1.29, 1.82) is 0 Å². The highest BCUT2D eigenvalue weighted by molar-refractivity contribution is 9.10. The van der Waals surface area contributed by atoms with Gasteiger partial charge in [0.1, 0.15) is 5.52 Å². The number of likely N-dealkylation sites (N-methyl/N-ethyl adjacent to an activating group) is 1. The molecule has 1 saturated heterocycles. The summed E-state index contributed by atoms with van der Waals surface area (Å²) in [6.45, 7) is 2.10. The number of nitrogens with zero attached hydrogens (tertiary/aromatic N) is 4. The molecule has 1 atom stereocenters. The van der Waals surface area contributed by atoms with Gasteiger partial charge in [0.2, 0.25) is 5.95 Å². The lowest BCUT2D eigenvalue weighted by molar-refractivity contribution is 0.395. The highest BCUT2D eigenvalue weighted by Crippen LogP contribution is 2.28. The summed E-state index contributed by atoms with van der Waals surface area (Å²) >= 11 is 3.40. The van der Waals surface area contributed by atoms with E-state index >= 15 is 0 Å². The van der Waals surface area contributed by atoms with Gasteiger partial charge in [0.05, 0.1) is 6.04 Å². The minimum Gasteiger partial charge on any atom is -0.369 e. The predicted octanol–water partition coefficient (Wildman–Crippen LogP) is 1.65. The number of halogens is 1. The van der Waals surface area contributed by atoms with E-state index in [1.54, 1.807) is 6.20 Å². The summed E-state index contributed by atoms with van der Waals surface area (Å²) in [7, 11) is 2.12. The van der Waals surface area contributed by atoms with E-state index < -0.39 is 0 Å². The van der Waals surface area contributed by atoms with E-state index in [9.17, 15) is 0 Å². The Morgan fingerprint density at radius 1 is 1.53 bits per heavy atom. The third-order valence-electron chi connectivity index (χ3n) is 3.26. The largest absolute Gasteiger partial charge is 0.369 e. The first kappa shape index (κ1) is 11.0. The Bertz CT molecular complexity index is 564. The fourth-order valence-corrected chi connectivity index (χ4v) is 2.78. The van der Waals surface area contributed by atoms with Crippen molar-refractivity contribution < 1.29 is 0 Å². The second-order valence-electron chi connectivity index (χ2n) is 4.54. The van der Waals surface area contributed by atoms with E-state index in [0.29, 0.717) is 12.0 Å². The van der Waals surface area contributed by atoms with Gasteiger partial charge in [-0.25, -0.2) is 9.97 Å². The number of nitrogen functional groups attached to an aromatic ring is 1. The SMILES string of the molecule is CN1CCC(n2c(N)nc3cc(Br)cnc32)C1. The first-order valence-corrected chi connectivity index (χ1v) is 6.42. The first-order valence-electron chi connectivity index (χ1n) is 5.62. The zero-order valence-electron chi connectivity index (χ0n) is 9.60. The van der Waals surface area contributed by atoms with Crippen LogP contribution in [0.15, 0.2) is 16.7 Å². The molecule has 5 nitrogen and oxygen atoms in total. The predicted molar refractivity (Wildman–Crippen MR) is 70.8 cm³/mol. The Hall–Kier alpha value is -1.14. The Morgan fingerprint density at radius 3 is 3.06 bits per heavy atom. The summed E-state index contributed by atoms with van der Waals surface area (Å²) < 4.78 is 2.99. The average Bonchev–Trinajstić information content (AvgIpc) is 2.80. The number of anilines is 1. The monoisotopic (exact) mass is 295 g/mol. The fraction of sp³-hybridized carbons (Fsp3) is 0.455. The van der Waals surface area contributed by atoms with Gasteiger partial charge in [0.25, 0.3) is 0 Å². The van der Waals surface area contributed by atoms with Crippen LogP contribution in [0.1, 0.15) is 12.5 Å². The summed E-state index contributed by atoms with van der Waals surface area (Å²) in [5.41, 5.74) is 7.74. The van der Waals surface area contributed by atoms with Crippen molar-refractivity contribution in [3.63, 3.8) is 0 Å². The second kappa shape index (κ2) is 3.96. The molecule has 17 heavy (non-hydrogen) atoms. The Morgan fingerprint density at radius 2 is 2.35 bits per heavy atom. The molecule has 0 aliphatic carbocycles. The van der Waals surface area contributed by atoms with Gasteiger partial charge in [0.15, 0.2) is 5.65 Å². The van der Waals surface area contributed by atoms with E-state index in [1.807, 2.05) is 6.07 Å². The number of pyridine rings is 1. The van der Waals surface area contributed by atoms with E-state index in [1.165, 1.54) is 0 Å². The molecular formula is C11H14BrN5. The molecule has 3 rings (SSSR count). The number of imidazole rings is 1. The van der Waals surface area contributed by atoms with Crippen molar-refractivity contribution in [1.82, 2.24) is 19.4 Å². The van der Waals surface area contributed by atoms with Crippen LogP contribution >= 0.6 is 15.9 Å². The second-order valence-corrected chi connectivity index (χ2v) is 5.46. The number of rotatable bonds is 1. The average molecular weight is 296 g/mol. The van der Waals surface area contributed by atoms with E-state index in [-0.39, 0.29) is 0 Å². The Balaban J connectivity index is 2.12. The molecule has 0 amide bonds. The van der Waals surface area contributed by atoms with Crippen LogP contribution in [0, 0.1) is 0 Å². The highest BCUT2D eigenvalue weighted by atomic mass is 79.9. The van der Waals surface area contributed by atoms with E-state index in [2.05, 4.69) is 42.4 Å². The van der Waals surface area contributed by atoms with Crippen LogP contribution in [-0.4, -0.2) is 39.6 Å². The smallest absolute Gasteiger partial charge is 0.202 e. The zero-order chi connectivity index (χ0) is 12.0. The van der Waals surface area contributed by atoms with Crippen LogP contribution in [0.5, 0.6) is 0 Å². The molecule has 1 aliphatic rings. The molecule has 0 bridgehead atoms. The van der Waals surface area contributed by atoms with E-state index in [4.69, 9.17) is 5.73 Å². The molecule has 2 N–H and O–H groups in total. The number of aromatic nitrogens is 3. The van der Waals surface area contributed by atoms with Gasteiger partial charge in [-0.2, -0.15) is 0 Å². The third kappa shape index (κ3) is 1.81. The lowest BCUT2D eigenvalue weighted by Crippen LogP contribution is -2.17. The van der Waals surface area contributed by atoms with Crippen LogP contribution in [0.25, 0.3) is 11.2 Å². The van der Waals surface area contributed by atoms with Crippen LogP contribution in [0.3, 0.4) is 0 Å². The van der Waals surface area contributed by atoms with Gasteiger partial charge < -0.3 is 10.6 Å². The summed E-state index contributed by atoms with van der Waals surface area (Å²) in [5, 5.41) is 0. The minimum absolute atomic E-state index is 0.388. The number of hydrogen-bond donors (Lipinski definition) is 1. The van der Waals surface area contributed by atoms with Crippen LogP contribution in [0.4, 0.5) is 5.95 Å². The molecule has 2 aromatic rings. The summed E-state index contributed by atoms with van der Waals surface area (Å²) in [5.74, 6) is 0.561. The molecule has 2 aromatic heterocycles. The summed E-state index contributed by atoms with van der Waals surface area (Å²) in [4.78, 5) is 11.1. The molecule has 3 heterocycles. The molecule has 1 aliphatic heterocycles. The first-order chi connectivity index (χ1) is 8.15. The minimum atomic E-state index is 0.388. The van der Waals surface area contributed by atoms with E-state index in [0.717, 1.165) is 35.1 Å². The van der Waals surface area contributed by atoms with Crippen molar-refractivity contribution in [2.45, 2.75) is 12.5 Å². The molecule has 6 heteroatoms. The maximum atomic E-state index is 6.01. The third-order valence-corrected chi connectivity index (χ3v) is 3.69. The van der Waals surface area contributed by atoms with Gasteiger partial charge in [-0.1, -0.05) is 0 Å². The standard InChI is InChI=1S/C11H14BrN5/c1-16-3-2-8(6-16)17-10-9(15-11(17)13)4-7(12)5-14-10/h4-5,8H,2-3,6H2,1H3,(H2,13,15). The Labute approximate surface area is 108 Å². The zero-order valence-corrected chi connectivity index (χ0v) is 11.2. The van der Waals surface area contributed by atoms with Crippen molar-refractivity contribution in [3.8, 4) is 0 Å². The number of nitrogens with two attached hydrogens (primary N) is 1. The number of hydrogen-bond acceptors (Lipinski definition) is 4. The maximum absolute atomic E-state index is 6.01. The molecule has 0 spiro atoms. The molecule has 0 saturated carbocycles. The van der Waals surface area contributed by atoms with Gasteiger partial charge in [-0.3, -0.25) is 4.57 Å². The Kier molecular flexibility index (Phi) is 2.56. The van der Waals surface area contributed by atoms with Crippen LogP contribution in [0.2, 0.25) is 0 Å². The normalized spacial score (nSPS) is 21.4. The lowest BCUT2D eigenvalue weighted by atomic mass is 10.2. The topological polar surface area (TPSA) is 60.0 Å². The van der Waals surface area contributed by atoms with Crippen molar-refractivity contribution in [2.75, 3.05) is 25.9 Å². The van der Waals surface area contributed by atoms with Crippen LogP contribution < -0.4 is 5.73 Å². The molecule has 0 aromatic carbocycles. The quantitative estimate of drug-likeness (QED) is 0.869. The number of likely N-dealkylation sites (tertiary alicyclic amines) is 1. The molecule has 0 radical (unpaired) electrons. The van der Waals surface area contributed by atoms with Crippen molar-refractivity contribution in [2.24, 2.45) is 0 Å². The van der Waals surface area contributed by atoms with Gasteiger partial charge in [-0.05, 0) is 42.0 Å². The highest BCUT2D eigenvalue weighted by Gasteiger charge is 2.25. The van der Waals surface area contributed by atoms with Crippen molar-refractivity contribution >= 4 is 33.0 Å². The molecule has 1 unspecified atom stereocenters. The molecule has 1 fully saturated rings. The van der Waals surface area contributed by atoms with Gasteiger partial charge in [0, 0.05) is 17.2 Å². The van der Waals surface area contributed by atoms with Gasteiger partial charge >= 0.3 is 0 Å². The molecule has 90 valence electrons. The van der Waals surface area contributed by atoms with Gasteiger partial charge in [-0.15, -0.1) is 0 Å². The summed E-state index contributed by atoms with van der Waals surface area (Å²) in [6, 6.07) is 2.34. The maximum Gasteiger partial charge on any atom is 0.202 e.